The molecule has 2 heterocycles. The Labute approximate surface area is 155 Å². The Kier molecular flexibility index (Phi) is 4.48. The van der Waals surface area contributed by atoms with Crippen molar-refractivity contribution >= 4 is 0 Å². The topological polar surface area (TPSA) is 44.2 Å². The summed E-state index contributed by atoms with van der Waals surface area (Å²) in [6.45, 7) is 0. The van der Waals surface area contributed by atoms with Gasteiger partial charge >= 0.3 is 0 Å². The monoisotopic (exact) mass is 368 g/mol. The smallest absolute Gasteiger partial charge is 0.289 e. The van der Waals surface area contributed by atoms with Gasteiger partial charge in [0.15, 0.2) is 0 Å². The van der Waals surface area contributed by atoms with Gasteiger partial charge in [-0.05, 0) is 42.7 Å². The van der Waals surface area contributed by atoms with Gasteiger partial charge in [-0.2, -0.15) is 8.78 Å². The maximum absolute atomic E-state index is 14.0. The molecule has 4 rings (SSSR count). The second-order valence-corrected chi connectivity index (χ2v) is 6.40. The molecule has 27 heavy (non-hydrogen) atoms. The molecular weight excluding hydrogens is 350 g/mol. The van der Waals surface area contributed by atoms with E-state index in [-0.39, 0.29) is 12.1 Å². The molecule has 0 spiro atoms. The molecule has 0 atom stereocenters. The number of halogens is 2. The Hall–Kier alpha value is -3.02. The van der Waals surface area contributed by atoms with Crippen LogP contribution in [0.5, 0.6) is 17.4 Å². The number of aryl methyl sites for hydroxylation is 1. The van der Waals surface area contributed by atoms with Crippen LogP contribution in [0.2, 0.25) is 0 Å². The van der Waals surface area contributed by atoms with Crippen molar-refractivity contribution < 1.29 is 18.3 Å². The average Bonchev–Trinajstić information content (AvgIpc) is 2.68. The minimum atomic E-state index is -2.88. The van der Waals surface area contributed by atoms with E-state index in [1.807, 2.05) is 30.3 Å². The molecule has 0 N–H and O–H groups in total. The summed E-state index contributed by atoms with van der Waals surface area (Å²) >= 11 is 0. The van der Waals surface area contributed by atoms with Crippen molar-refractivity contribution in [3.63, 3.8) is 0 Å². The van der Waals surface area contributed by atoms with Crippen LogP contribution >= 0.6 is 0 Å². The van der Waals surface area contributed by atoms with Crippen LogP contribution < -0.4 is 9.47 Å². The third kappa shape index (κ3) is 3.35. The summed E-state index contributed by atoms with van der Waals surface area (Å²) in [7, 11) is 1.60. The zero-order valence-electron chi connectivity index (χ0n) is 14.8. The van der Waals surface area contributed by atoms with Gasteiger partial charge < -0.3 is 9.47 Å². The Balaban J connectivity index is 1.71. The lowest BCUT2D eigenvalue weighted by atomic mass is 9.93. The molecular formula is C21H18F2N2O2. The normalized spacial score (nSPS) is 15.1. The van der Waals surface area contributed by atoms with E-state index < -0.39 is 5.92 Å². The summed E-state index contributed by atoms with van der Waals surface area (Å²) < 4.78 is 39.3. The number of ether oxygens (including phenoxy) is 2. The molecule has 3 aromatic rings. The van der Waals surface area contributed by atoms with E-state index in [2.05, 4.69) is 9.97 Å². The van der Waals surface area contributed by atoms with E-state index >= 15 is 0 Å². The van der Waals surface area contributed by atoms with Gasteiger partial charge in [-0.1, -0.05) is 18.2 Å². The fourth-order valence-corrected chi connectivity index (χ4v) is 3.34. The van der Waals surface area contributed by atoms with Gasteiger partial charge in [0.05, 0.1) is 13.3 Å². The first kappa shape index (κ1) is 17.4. The van der Waals surface area contributed by atoms with Crippen molar-refractivity contribution in [2.24, 2.45) is 0 Å². The third-order valence-corrected chi connectivity index (χ3v) is 4.61. The SMILES string of the molecule is COc1ccccc1-c1cccnc1Oc1cnc2c(c1)CCCC2(F)F. The number of methoxy groups -OCH3 is 1. The molecule has 0 amide bonds. The zero-order chi connectivity index (χ0) is 18.9. The number of fused-ring (bicyclic) bond motifs is 1. The molecule has 138 valence electrons. The highest BCUT2D eigenvalue weighted by Gasteiger charge is 2.38. The molecule has 1 aliphatic rings. The Bertz CT molecular complexity index is 976. The highest BCUT2D eigenvalue weighted by molar-refractivity contribution is 5.74. The average molecular weight is 368 g/mol. The van der Waals surface area contributed by atoms with Crippen molar-refractivity contribution in [2.45, 2.75) is 25.2 Å². The Morgan fingerprint density at radius 2 is 1.85 bits per heavy atom. The van der Waals surface area contributed by atoms with E-state index in [1.54, 1.807) is 25.4 Å². The van der Waals surface area contributed by atoms with E-state index in [0.29, 0.717) is 35.8 Å². The number of rotatable bonds is 4. The van der Waals surface area contributed by atoms with Crippen LogP contribution in [0.1, 0.15) is 24.1 Å². The van der Waals surface area contributed by atoms with Gasteiger partial charge in [-0.15, -0.1) is 0 Å². The fraction of sp³-hybridized carbons (Fsp3) is 0.238. The Morgan fingerprint density at radius 3 is 2.70 bits per heavy atom. The molecule has 1 aromatic carbocycles. The second-order valence-electron chi connectivity index (χ2n) is 6.40. The molecule has 1 aliphatic carbocycles. The molecule has 0 fully saturated rings. The minimum absolute atomic E-state index is 0.146. The van der Waals surface area contributed by atoms with Crippen LogP contribution in [0.15, 0.2) is 54.9 Å². The number of para-hydroxylation sites is 1. The third-order valence-electron chi connectivity index (χ3n) is 4.61. The molecule has 4 nitrogen and oxygen atoms in total. The molecule has 2 aromatic heterocycles. The first-order chi connectivity index (χ1) is 13.1. The van der Waals surface area contributed by atoms with E-state index in [1.165, 1.54) is 6.20 Å². The lowest BCUT2D eigenvalue weighted by molar-refractivity contribution is -0.0263. The highest BCUT2D eigenvalue weighted by atomic mass is 19.3. The summed E-state index contributed by atoms with van der Waals surface area (Å²) in [5, 5.41) is 0. The fourth-order valence-electron chi connectivity index (χ4n) is 3.34. The van der Waals surface area contributed by atoms with Gasteiger partial charge in [0.25, 0.3) is 5.92 Å². The van der Waals surface area contributed by atoms with Gasteiger partial charge in [-0.25, -0.2) is 4.98 Å². The number of nitrogens with zero attached hydrogens (tertiary/aromatic N) is 2. The molecule has 0 bridgehead atoms. The van der Waals surface area contributed by atoms with Crippen molar-refractivity contribution in [3.05, 3.63) is 66.1 Å². The van der Waals surface area contributed by atoms with Crippen LogP contribution in [-0.2, 0) is 12.3 Å². The van der Waals surface area contributed by atoms with Crippen molar-refractivity contribution in [1.29, 1.82) is 0 Å². The summed E-state index contributed by atoms with van der Waals surface area (Å²) in [6, 6.07) is 12.9. The second kappa shape index (κ2) is 6.95. The van der Waals surface area contributed by atoms with Crippen LogP contribution in [0.25, 0.3) is 11.1 Å². The number of hydrogen-bond acceptors (Lipinski definition) is 4. The first-order valence-corrected chi connectivity index (χ1v) is 8.72. The van der Waals surface area contributed by atoms with Crippen LogP contribution in [0, 0.1) is 0 Å². The van der Waals surface area contributed by atoms with Gasteiger partial charge in [0.2, 0.25) is 5.88 Å². The summed E-state index contributed by atoms with van der Waals surface area (Å²) in [5.74, 6) is -1.43. The van der Waals surface area contributed by atoms with Crippen LogP contribution in [0.3, 0.4) is 0 Å². The molecule has 0 unspecified atom stereocenters. The zero-order valence-corrected chi connectivity index (χ0v) is 14.8. The summed E-state index contributed by atoms with van der Waals surface area (Å²) in [6.07, 6.45) is 3.79. The first-order valence-electron chi connectivity index (χ1n) is 8.72. The molecule has 6 heteroatoms. The molecule has 0 saturated heterocycles. The number of alkyl halides is 2. The van der Waals surface area contributed by atoms with Crippen LogP contribution in [-0.4, -0.2) is 17.1 Å². The summed E-state index contributed by atoms with van der Waals surface area (Å²) in [5.41, 5.74) is 1.96. The molecule has 0 saturated carbocycles. The van der Waals surface area contributed by atoms with Gasteiger partial charge in [-0.3, -0.25) is 4.98 Å². The van der Waals surface area contributed by atoms with E-state index in [4.69, 9.17) is 9.47 Å². The van der Waals surface area contributed by atoms with Gasteiger partial charge in [0, 0.05) is 23.7 Å². The Morgan fingerprint density at radius 1 is 1.04 bits per heavy atom. The standard InChI is InChI=1S/C21H18F2N2O2/c1-26-18-9-3-2-7-16(18)17-8-5-11-24-20(17)27-15-12-14-6-4-10-21(22,23)19(14)25-13-15/h2-3,5,7-9,11-13H,4,6,10H2,1H3. The van der Waals surface area contributed by atoms with E-state index in [0.717, 1.165) is 11.1 Å². The van der Waals surface area contributed by atoms with E-state index in [9.17, 15) is 8.78 Å². The quantitative estimate of drug-likeness (QED) is 0.621. The number of hydrogen-bond donors (Lipinski definition) is 0. The highest BCUT2D eigenvalue weighted by Crippen LogP contribution is 2.41. The number of aromatic nitrogens is 2. The molecule has 0 radical (unpaired) electrons. The summed E-state index contributed by atoms with van der Waals surface area (Å²) in [4.78, 5) is 8.29. The van der Waals surface area contributed by atoms with Crippen molar-refractivity contribution in [2.75, 3.05) is 7.11 Å². The largest absolute Gasteiger partial charge is 0.496 e. The van der Waals surface area contributed by atoms with Gasteiger partial charge in [0.1, 0.15) is 17.2 Å². The predicted molar refractivity (Wildman–Crippen MR) is 97.4 cm³/mol. The number of pyridine rings is 2. The predicted octanol–water partition coefficient (Wildman–Crippen LogP) is 5.37. The maximum atomic E-state index is 14.0. The van der Waals surface area contributed by atoms with Crippen molar-refractivity contribution in [1.82, 2.24) is 9.97 Å². The number of benzene rings is 1. The van der Waals surface area contributed by atoms with Crippen molar-refractivity contribution in [3.8, 4) is 28.5 Å². The van der Waals surface area contributed by atoms with Crippen LogP contribution in [0.4, 0.5) is 8.78 Å². The maximum Gasteiger partial charge on any atom is 0.289 e. The molecule has 0 aliphatic heterocycles. The minimum Gasteiger partial charge on any atom is -0.496 e. The lowest BCUT2D eigenvalue weighted by Gasteiger charge is -2.24. The lowest BCUT2D eigenvalue weighted by Crippen LogP contribution is -2.22.